The lowest BCUT2D eigenvalue weighted by Gasteiger charge is -2.22. The zero-order valence-corrected chi connectivity index (χ0v) is 21.6. The second kappa shape index (κ2) is 12.3. The standard InChI is InChI=1S/C30H34N2O5/c1-20(37-26-14-8-10-22-9-4-5-11-23(22)26)29(33)32-25-13-7-6-12-24(25)30(34)31-18-17-21-15-16-27(35-2)28(19-21)36-3/h6-8,10,12-16,19-20H,4-5,9,11,17-18H2,1-3H3,(H,31,34)(H,32,33)/t20-/m1/s1. The fraction of sp³-hybridized carbons (Fsp3) is 0.333. The lowest BCUT2D eigenvalue weighted by Crippen LogP contribution is -2.32. The van der Waals surface area contributed by atoms with Gasteiger partial charge in [0, 0.05) is 6.54 Å². The summed E-state index contributed by atoms with van der Waals surface area (Å²) in [6.07, 6.45) is 4.22. The van der Waals surface area contributed by atoms with Crippen molar-refractivity contribution in [2.75, 3.05) is 26.1 Å². The molecule has 4 rings (SSSR count). The predicted octanol–water partition coefficient (Wildman–Crippen LogP) is 4.96. The Bertz CT molecular complexity index is 1260. The molecule has 0 fully saturated rings. The summed E-state index contributed by atoms with van der Waals surface area (Å²) in [7, 11) is 3.18. The molecule has 0 saturated carbocycles. The fourth-order valence-corrected chi connectivity index (χ4v) is 4.58. The Labute approximate surface area is 218 Å². The van der Waals surface area contributed by atoms with Gasteiger partial charge in [-0.05, 0) is 86.1 Å². The molecule has 7 nitrogen and oxygen atoms in total. The number of rotatable bonds is 10. The number of aryl methyl sites for hydroxylation is 1. The molecular formula is C30H34N2O5. The third kappa shape index (κ3) is 6.42. The summed E-state index contributed by atoms with van der Waals surface area (Å²) in [5.41, 5.74) is 4.34. The van der Waals surface area contributed by atoms with Crippen molar-refractivity contribution in [3.8, 4) is 17.2 Å². The molecule has 37 heavy (non-hydrogen) atoms. The summed E-state index contributed by atoms with van der Waals surface area (Å²) in [5, 5.41) is 5.81. The molecule has 7 heteroatoms. The highest BCUT2D eigenvalue weighted by Crippen LogP contribution is 2.30. The largest absolute Gasteiger partial charge is 0.493 e. The van der Waals surface area contributed by atoms with E-state index in [0.717, 1.165) is 30.6 Å². The lowest BCUT2D eigenvalue weighted by molar-refractivity contribution is -0.122. The van der Waals surface area contributed by atoms with Crippen LogP contribution in [0.15, 0.2) is 60.7 Å². The first-order valence-corrected chi connectivity index (χ1v) is 12.7. The van der Waals surface area contributed by atoms with Gasteiger partial charge in [-0.15, -0.1) is 0 Å². The predicted molar refractivity (Wildman–Crippen MR) is 144 cm³/mol. The third-order valence-electron chi connectivity index (χ3n) is 6.60. The summed E-state index contributed by atoms with van der Waals surface area (Å²) in [6, 6.07) is 18.7. The highest BCUT2D eigenvalue weighted by atomic mass is 16.5. The normalized spacial score (nSPS) is 13.2. The Morgan fingerprint density at radius 1 is 0.892 bits per heavy atom. The monoisotopic (exact) mass is 502 g/mol. The molecule has 3 aromatic carbocycles. The van der Waals surface area contributed by atoms with Crippen molar-refractivity contribution in [2.45, 2.75) is 45.1 Å². The number of hydrogen-bond donors (Lipinski definition) is 2. The molecule has 0 aromatic heterocycles. The second-order valence-electron chi connectivity index (χ2n) is 9.09. The number of hydrogen-bond acceptors (Lipinski definition) is 5. The van der Waals surface area contributed by atoms with E-state index < -0.39 is 6.10 Å². The number of amides is 2. The molecule has 0 heterocycles. The average Bonchev–Trinajstić information content (AvgIpc) is 2.93. The Morgan fingerprint density at radius 3 is 2.49 bits per heavy atom. The number of nitrogens with one attached hydrogen (secondary N) is 2. The van der Waals surface area contributed by atoms with E-state index in [1.165, 1.54) is 17.5 Å². The van der Waals surface area contributed by atoms with Gasteiger partial charge in [0.2, 0.25) is 0 Å². The van der Waals surface area contributed by atoms with Gasteiger partial charge < -0.3 is 24.8 Å². The summed E-state index contributed by atoms with van der Waals surface area (Å²) < 4.78 is 16.7. The van der Waals surface area contributed by atoms with Gasteiger partial charge in [0.1, 0.15) is 5.75 Å². The van der Waals surface area contributed by atoms with E-state index in [1.54, 1.807) is 45.4 Å². The Kier molecular flexibility index (Phi) is 8.67. The number of methoxy groups -OCH3 is 2. The minimum absolute atomic E-state index is 0.262. The summed E-state index contributed by atoms with van der Waals surface area (Å²) in [4.78, 5) is 25.9. The number of fused-ring (bicyclic) bond motifs is 1. The van der Waals surface area contributed by atoms with Gasteiger partial charge in [-0.1, -0.05) is 30.3 Å². The van der Waals surface area contributed by atoms with Crippen LogP contribution in [0.4, 0.5) is 5.69 Å². The van der Waals surface area contributed by atoms with Crippen LogP contribution in [0.1, 0.15) is 46.8 Å². The first-order valence-electron chi connectivity index (χ1n) is 12.7. The Morgan fingerprint density at radius 2 is 1.68 bits per heavy atom. The van der Waals surface area contributed by atoms with Gasteiger partial charge >= 0.3 is 0 Å². The van der Waals surface area contributed by atoms with Crippen LogP contribution in [0.2, 0.25) is 0 Å². The number of carbonyl (C=O) groups is 2. The molecule has 1 atom stereocenters. The van der Waals surface area contributed by atoms with Gasteiger partial charge in [0.25, 0.3) is 11.8 Å². The molecule has 0 unspecified atom stereocenters. The molecule has 194 valence electrons. The molecule has 3 aromatic rings. The van der Waals surface area contributed by atoms with Crippen LogP contribution in [-0.2, 0) is 24.1 Å². The zero-order chi connectivity index (χ0) is 26.2. The molecule has 0 saturated heterocycles. The Balaban J connectivity index is 1.36. The number of benzene rings is 3. The highest BCUT2D eigenvalue weighted by molar-refractivity contribution is 6.04. The zero-order valence-electron chi connectivity index (χ0n) is 21.6. The summed E-state index contributed by atoms with van der Waals surface area (Å²) in [5.74, 6) is 1.50. The van der Waals surface area contributed by atoms with Crippen molar-refractivity contribution in [3.05, 3.63) is 82.9 Å². The van der Waals surface area contributed by atoms with Crippen molar-refractivity contribution < 1.29 is 23.8 Å². The molecule has 0 bridgehead atoms. The number of carbonyl (C=O) groups excluding carboxylic acids is 2. The average molecular weight is 503 g/mol. The maximum Gasteiger partial charge on any atom is 0.265 e. The van der Waals surface area contributed by atoms with E-state index in [0.29, 0.717) is 35.7 Å². The lowest BCUT2D eigenvalue weighted by atomic mass is 9.91. The summed E-state index contributed by atoms with van der Waals surface area (Å²) in [6.45, 7) is 2.15. The topological polar surface area (TPSA) is 85.9 Å². The van der Waals surface area contributed by atoms with E-state index in [1.807, 2.05) is 30.3 Å². The molecule has 2 amide bonds. The van der Waals surface area contributed by atoms with E-state index in [2.05, 4.69) is 16.7 Å². The number of anilines is 1. The van der Waals surface area contributed by atoms with Gasteiger partial charge in [0.05, 0.1) is 25.5 Å². The third-order valence-corrected chi connectivity index (χ3v) is 6.60. The van der Waals surface area contributed by atoms with Gasteiger partial charge in [-0.2, -0.15) is 0 Å². The van der Waals surface area contributed by atoms with Crippen LogP contribution >= 0.6 is 0 Å². The van der Waals surface area contributed by atoms with Gasteiger partial charge in [-0.25, -0.2) is 0 Å². The maximum atomic E-state index is 13.0. The van der Waals surface area contributed by atoms with Crippen molar-refractivity contribution >= 4 is 17.5 Å². The first kappa shape index (κ1) is 26.1. The number of para-hydroxylation sites is 1. The van der Waals surface area contributed by atoms with Crippen molar-refractivity contribution in [3.63, 3.8) is 0 Å². The van der Waals surface area contributed by atoms with Crippen LogP contribution in [0, 0.1) is 0 Å². The van der Waals surface area contributed by atoms with Crippen LogP contribution in [-0.4, -0.2) is 38.7 Å². The van der Waals surface area contributed by atoms with E-state index in [-0.39, 0.29) is 11.8 Å². The molecule has 2 N–H and O–H groups in total. The van der Waals surface area contributed by atoms with Crippen LogP contribution in [0.5, 0.6) is 17.2 Å². The number of ether oxygens (including phenoxy) is 3. The Hall–Kier alpha value is -4.00. The van der Waals surface area contributed by atoms with E-state index in [4.69, 9.17) is 14.2 Å². The molecule has 0 spiro atoms. The van der Waals surface area contributed by atoms with Gasteiger partial charge in [-0.3, -0.25) is 9.59 Å². The second-order valence-corrected chi connectivity index (χ2v) is 9.09. The van der Waals surface area contributed by atoms with Crippen molar-refractivity contribution in [1.82, 2.24) is 5.32 Å². The molecule has 1 aliphatic rings. The summed E-state index contributed by atoms with van der Waals surface area (Å²) >= 11 is 0. The minimum atomic E-state index is -0.713. The van der Waals surface area contributed by atoms with Crippen LogP contribution < -0.4 is 24.8 Å². The highest BCUT2D eigenvalue weighted by Gasteiger charge is 2.21. The van der Waals surface area contributed by atoms with Crippen LogP contribution in [0.3, 0.4) is 0 Å². The molecular weight excluding hydrogens is 468 g/mol. The van der Waals surface area contributed by atoms with Crippen molar-refractivity contribution in [1.29, 1.82) is 0 Å². The smallest absolute Gasteiger partial charge is 0.265 e. The van der Waals surface area contributed by atoms with Crippen LogP contribution in [0.25, 0.3) is 0 Å². The minimum Gasteiger partial charge on any atom is -0.493 e. The van der Waals surface area contributed by atoms with Crippen molar-refractivity contribution in [2.24, 2.45) is 0 Å². The maximum absolute atomic E-state index is 13.0. The SMILES string of the molecule is COc1ccc(CCNC(=O)c2ccccc2NC(=O)[C@@H](C)Oc2cccc3c2CCCC3)cc1OC. The fourth-order valence-electron chi connectivity index (χ4n) is 4.58. The molecule has 1 aliphatic carbocycles. The molecule has 0 radical (unpaired) electrons. The first-order chi connectivity index (χ1) is 18.0. The quantitative estimate of drug-likeness (QED) is 0.409. The van der Waals surface area contributed by atoms with E-state index >= 15 is 0 Å². The van der Waals surface area contributed by atoms with E-state index in [9.17, 15) is 9.59 Å². The molecule has 0 aliphatic heterocycles. The van der Waals surface area contributed by atoms with Gasteiger partial charge in [0.15, 0.2) is 17.6 Å².